The van der Waals surface area contributed by atoms with E-state index in [-0.39, 0.29) is 29.5 Å². The predicted octanol–water partition coefficient (Wildman–Crippen LogP) is 7.25. The van der Waals surface area contributed by atoms with E-state index in [0.717, 1.165) is 19.9 Å². The van der Waals surface area contributed by atoms with Gasteiger partial charge < -0.3 is 15.0 Å². The van der Waals surface area contributed by atoms with E-state index in [2.05, 4.69) is 21.2 Å². The first kappa shape index (κ1) is 36.0. The molecule has 4 aromatic rings. The molecular formula is C36H39BrClN3O5S. The van der Waals surface area contributed by atoms with Gasteiger partial charge in [-0.25, -0.2) is 8.42 Å². The number of amides is 2. The molecule has 0 aromatic heterocycles. The van der Waals surface area contributed by atoms with Gasteiger partial charge in [0.1, 0.15) is 18.3 Å². The number of carbonyl (C=O) groups is 2. The van der Waals surface area contributed by atoms with Crippen LogP contribution in [0, 0.1) is 0 Å². The lowest BCUT2D eigenvalue weighted by Gasteiger charge is -2.35. The SMILES string of the molecule is CCOc1ccc(N(CC(=O)N(Cc2cccc(Br)c2)[C@H](Cc2ccccc2)C(=O)NC(C)(C)C)S(=O)(=O)c2ccc(Cl)cc2)cc1. The van der Waals surface area contributed by atoms with Crippen molar-refractivity contribution in [3.8, 4) is 5.75 Å². The lowest BCUT2D eigenvalue weighted by Crippen LogP contribution is -2.56. The van der Waals surface area contributed by atoms with Gasteiger partial charge in [0.2, 0.25) is 11.8 Å². The van der Waals surface area contributed by atoms with Crippen LogP contribution < -0.4 is 14.4 Å². The minimum Gasteiger partial charge on any atom is -0.494 e. The minimum absolute atomic E-state index is 0.0339. The van der Waals surface area contributed by atoms with Gasteiger partial charge in [0, 0.05) is 28.0 Å². The van der Waals surface area contributed by atoms with Gasteiger partial charge in [-0.05, 0) is 99.5 Å². The number of benzene rings is 4. The largest absolute Gasteiger partial charge is 0.494 e. The maximum Gasteiger partial charge on any atom is 0.264 e. The van der Waals surface area contributed by atoms with Crippen LogP contribution in [0.3, 0.4) is 0 Å². The van der Waals surface area contributed by atoms with E-state index < -0.39 is 34.1 Å². The Hall–Kier alpha value is -3.86. The van der Waals surface area contributed by atoms with Crippen LogP contribution in [0.4, 0.5) is 5.69 Å². The van der Waals surface area contributed by atoms with Crippen molar-refractivity contribution >= 4 is 55.1 Å². The number of nitrogens with zero attached hydrogens (tertiary/aromatic N) is 2. The van der Waals surface area contributed by atoms with Crippen LogP contribution in [0.2, 0.25) is 5.02 Å². The maximum absolute atomic E-state index is 14.6. The van der Waals surface area contributed by atoms with Crippen molar-refractivity contribution in [2.45, 2.75) is 57.1 Å². The summed E-state index contributed by atoms with van der Waals surface area (Å²) in [5, 5.41) is 3.41. The zero-order chi connectivity index (χ0) is 34.2. The van der Waals surface area contributed by atoms with Crippen molar-refractivity contribution in [3.63, 3.8) is 0 Å². The van der Waals surface area contributed by atoms with Crippen LogP contribution in [0.15, 0.2) is 112 Å². The number of nitrogens with one attached hydrogen (secondary N) is 1. The van der Waals surface area contributed by atoms with Crippen molar-refractivity contribution in [1.82, 2.24) is 10.2 Å². The number of hydrogen-bond acceptors (Lipinski definition) is 5. The summed E-state index contributed by atoms with van der Waals surface area (Å²) in [5.74, 6) is -0.344. The smallest absolute Gasteiger partial charge is 0.264 e. The van der Waals surface area contributed by atoms with E-state index >= 15 is 0 Å². The Morgan fingerprint density at radius 1 is 0.894 bits per heavy atom. The summed E-state index contributed by atoms with van der Waals surface area (Å²) in [7, 11) is -4.26. The summed E-state index contributed by atoms with van der Waals surface area (Å²) >= 11 is 9.58. The van der Waals surface area contributed by atoms with E-state index in [9.17, 15) is 18.0 Å². The number of sulfonamides is 1. The number of ether oxygens (including phenoxy) is 1. The highest BCUT2D eigenvalue weighted by Gasteiger charge is 2.35. The molecule has 2 amide bonds. The predicted molar refractivity (Wildman–Crippen MR) is 190 cm³/mol. The molecule has 0 bridgehead atoms. The fraction of sp³-hybridized carbons (Fsp3) is 0.278. The Bertz CT molecular complexity index is 1760. The first-order valence-corrected chi connectivity index (χ1v) is 17.8. The summed E-state index contributed by atoms with van der Waals surface area (Å²) < 4.78 is 35.8. The molecule has 0 heterocycles. The zero-order valence-corrected chi connectivity index (χ0v) is 30.0. The van der Waals surface area contributed by atoms with Crippen LogP contribution in [0.5, 0.6) is 5.75 Å². The molecule has 0 aliphatic rings. The van der Waals surface area contributed by atoms with Gasteiger partial charge >= 0.3 is 0 Å². The molecule has 0 aliphatic carbocycles. The molecule has 0 radical (unpaired) electrons. The minimum atomic E-state index is -4.26. The lowest BCUT2D eigenvalue weighted by atomic mass is 10.0. The lowest BCUT2D eigenvalue weighted by molar-refractivity contribution is -0.140. The van der Waals surface area contributed by atoms with Gasteiger partial charge in [0.25, 0.3) is 10.0 Å². The van der Waals surface area contributed by atoms with Gasteiger partial charge in [0.05, 0.1) is 17.2 Å². The highest BCUT2D eigenvalue weighted by Crippen LogP contribution is 2.28. The highest BCUT2D eigenvalue weighted by molar-refractivity contribution is 9.10. The van der Waals surface area contributed by atoms with Crippen LogP contribution in [-0.4, -0.2) is 49.9 Å². The van der Waals surface area contributed by atoms with Crippen molar-refractivity contribution in [3.05, 3.63) is 124 Å². The number of hydrogen-bond donors (Lipinski definition) is 1. The molecule has 0 saturated carbocycles. The molecule has 0 unspecified atom stereocenters. The first-order valence-electron chi connectivity index (χ1n) is 15.2. The molecule has 0 fully saturated rings. The molecule has 47 heavy (non-hydrogen) atoms. The van der Waals surface area contributed by atoms with Crippen molar-refractivity contribution < 1.29 is 22.7 Å². The Morgan fingerprint density at radius 3 is 2.13 bits per heavy atom. The Kier molecular flexibility index (Phi) is 12.1. The summed E-state index contributed by atoms with van der Waals surface area (Å²) in [6.45, 7) is 7.40. The van der Waals surface area contributed by atoms with Gasteiger partial charge in [-0.3, -0.25) is 13.9 Å². The van der Waals surface area contributed by atoms with E-state index in [4.69, 9.17) is 16.3 Å². The maximum atomic E-state index is 14.6. The van der Waals surface area contributed by atoms with Gasteiger partial charge in [-0.1, -0.05) is 70.0 Å². The average molecular weight is 741 g/mol. The molecule has 1 N–H and O–H groups in total. The van der Waals surface area contributed by atoms with Gasteiger partial charge in [-0.15, -0.1) is 0 Å². The fourth-order valence-corrected chi connectivity index (χ4v) is 6.96. The summed E-state index contributed by atoms with van der Waals surface area (Å²) in [4.78, 5) is 30.0. The van der Waals surface area contributed by atoms with Crippen LogP contribution in [-0.2, 0) is 32.6 Å². The van der Waals surface area contributed by atoms with Crippen molar-refractivity contribution in [2.75, 3.05) is 17.5 Å². The Labute approximate surface area is 290 Å². The van der Waals surface area contributed by atoms with Crippen LogP contribution >= 0.6 is 27.5 Å². The fourth-order valence-electron chi connectivity index (χ4n) is 4.98. The molecule has 0 spiro atoms. The number of rotatable bonds is 13. The molecule has 0 aliphatic heterocycles. The highest BCUT2D eigenvalue weighted by atomic mass is 79.9. The third kappa shape index (κ3) is 10.1. The summed E-state index contributed by atoms with van der Waals surface area (Å²) in [6.07, 6.45) is 0.218. The number of carbonyl (C=O) groups excluding carboxylic acids is 2. The zero-order valence-electron chi connectivity index (χ0n) is 26.8. The standard InChI is InChI=1S/C36H39BrClN3O5S/c1-5-46-31-18-16-30(17-19-31)41(47(44,45)32-20-14-29(38)15-21-32)25-34(42)40(24-27-12-9-13-28(37)22-27)33(35(43)39-36(2,3)4)23-26-10-7-6-8-11-26/h6-22,33H,5,23-25H2,1-4H3,(H,39,43)/t33-/m1/s1. The molecule has 1 atom stereocenters. The first-order chi connectivity index (χ1) is 22.3. The van der Waals surface area contributed by atoms with Gasteiger partial charge in [-0.2, -0.15) is 0 Å². The molecule has 11 heteroatoms. The summed E-state index contributed by atoms with van der Waals surface area (Å²) in [6, 6.07) is 28.2. The van der Waals surface area contributed by atoms with Crippen LogP contribution in [0.25, 0.3) is 0 Å². The quantitative estimate of drug-likeness (QED) is 0.156. The van der Waals surface area contributed by atoms with Gasteiger partial charge in [0.15, 0.2) is 0 Å². The monoisotopic (exact) mass is 739 g/mol. The second-order valence-corrected chi connectivity index (χ2v) is 15.2. The third-order valence-electron chi connectivity index (χ3n) is 7.13. The Balaban J connectivity index is 1.82. The third-order valence-corrected chi connectivity index (χ3v) is 9.66. The average Bonchev–Trinajstić information content (AvgIpc) is 3.02. The second kappa shape index (κ2) is 15.8. The van der Waals surface area contributed by atoms with Crippen molar-refractivity contribution in [1.29, 1.82) is 0 Å². The molecule has 4 rings (SSSR count). The number of halogens is 2. The van der Waals surface area contributed by atoms with E-state index in [1.807, 2.05) is 82.3 Å². The van der Waals surface area contributed by atoms with Crippen molar-refractivity contribution in [2.24, 2.45) is 0 Å². The molecule has 8 nitrogen and oxygen atoms in total. The molecular weight excluding hydrogens is 702 g/mol. The molecule has 0 saturated heterocycles. The van der Waals surface area contributed by atoms with Crippen LogP contribution in [0.1, 0.15) is 38.8 Å². The van der Waals surface area contributed by atoms with E-state index in [1.165, 1.54) is 29.2 Å². The topological polar surface area (TPSA) is 96.0 Å². The Morgan fingerprint density at radius 2 is 1.53 bits per heavy atom. The molecule has 248 valence electrons. The summed E-state index contributed by atoms with van der Waals surface area (Å²) in [5.41, 5.74) is 1.30. The van der Waals surface area contributed by atoms with E-state index in [1.54, 1.807) is 24.3 Å². The van der Waals surface area contributed by atoms with E-state index in [0.29, 0.717) is 17.4 Å². The normalized spacial score (nSPS) is 12.2. The molecule has 4 aromatic carbocycles. The second-order valence-electron chi connectivity index (χ2n) is 12.0. The number of anilines is 1.